The van der Waals surface area contributed by atoms with E-state index in [0.717, 1.165) is 32.6 Å². The number of nitrogens with zero attached hydrogens (tertiary/aromatic N) is 1. The Labute approximate surface area is 165 Å². The number of phenols is 1. The zero-order valence-corrected chi connectivity index (χ0v) is 16.0. The number of fused-ring (bicyclic) bond motifs is 1. The Kier molecular flexibility index (Phi) is 4.77. The first-order valence-electron chi connectivity index (χ1n) is 8.62. The highest BCUT2D eigenvalue weighted by molar-refractivity contribution is 9.10. The molecule has 0 fully saturated rings. The number of hydrogen-bond donors (Lipinski definition) is 2. The van der Waals surface area contributed by atoms with Crippen LogP contribution in [-0.4, -0.2) is 22.8 Å². The Morgan fingerprint density at radius 3 is 2.48 bits per heavy atom. The summed E-state index contributed by atoms with van der Waals surface area (Å²) in [6.45, 7) is 0. The molecule has 0 radical (unpaired) electrons. The van der Waals surface area contributed by atoms with Crippen molar-refractivity contribution >= 4 is 33.2 Å². The molecule has 1 aliphatic rings. The number of rotatable bonds is 3. The first kappa shape index (κ1) is 17.5. The van der Waals surface area contributed by atoms with Gasteiger partial charge in [0.05, 0.1) is 11.4 Å². The maximum absolute atomic E-state index is 12.8. The highest BCUT2D eigenvalue weighted by atomic mass is 79.9. The van der Waals surface area contributed by atoms with Gasteiger partial charge in [-0.2, -0.15) is 0 Å². The first-order valence-corrected chi connectivity index (χ1v) is 9.41. The van der Waals surface area contributed by atoms with Crippen LogP contribution < -0.4 is 5.32 Å². The molecule has 4 nitrogen and oxygen atoms in total. The SMILES string of the molecule is O=C1Nc2ccc(Br)cc2C(c2ccc(O)cc2)=NC1Cc1ccccc1. The van der Waals surface area contributed by atoms with Crippen molar-refractivity contribution in [3.63, 3.8) is 0 Å². The van der Waals surface area contributed by atoms with Crippen LogP contribution in [0.5, 0.6) is 5.75 Å². The summed E-state index contributed by atoms with van der Waals surface area (Å²) < 4.78 is 0.906. The van der Waals surface area contributed by atoms with Crippen LogP contribution in [0.1, 0.15) is 16.7 Å². The molecule has 27 heavy (non-hydrogen) atoms. The summed E-state index contributed by atoms with van der Waals surface area (Å²) in [7, 11) is 0. The van der Waals surface area contributed by atoms with Crippen molar-refractivity contribution in [2.45, 2.75) is 12.5 Å². The molecule has 1 amide bonds. The number of anilines is 1. The average molecular weight is 421 g/mol. The fourth-order valence-corrected chi connectivity index (χ4v) is 3.51. The maximum atomic E-state index is 12.8. The van der Waals surface area contributed by atoms with E-state index in [9.17, 15) is 9.90 Å². The molecule has 0 saturated heterocycles. The average Bonchev–Trinajstić information content (AvgIpc) is 2.80. The summed E-state index contributed by atoms with van der Waals surface area (Å²) in [5.41, 5.74) is 4.20. The van der Waals surface area contributed by atoms with E-state index in [0.29, 0.717) is 6.42 Å². The fourth-order valence-electron chi connectivity index (χ4n) is 3.15. The quantitative estimate of drug-likeness (QED) is 0.652. The van der Waals surface area contributed by atoms with Crippen LogP contribution in [0, 0.1) is 0 Å². The van der Waals surface area contributed by atoms with Gasteiger partial charge in [-0.05, 0) is 48.0 Å². The Bertz CT molecular complexity index is 1010. The number of benzodiazepines with no additional fused rings is 1. The van der Waals surface area contributed by atoms with Crippen molar-refractivity contribution in [1.29, 1.82) is 0 Å². The summed E-state index contributed by atoms with van der Waals surface area (Å²) in [6, 6.07) is 21.9. The van der Waals surface area contributed by atoms with Gasteiger partial charge in [0, 0.05) is 22.0 Å². The molecule has 0 saturated carbocycles. The highest BCUT2D eigenvalue weighted by Crippen LogP contribution is 2.28. The van der Waals surface area contributed by atoms with Gasteiger partial charge < -0.3 is 10.4 Å². The van der Waals surface area contributed by atoms with E-state index < -0.39 is 6.04 Å². The lowest BCUT2D eigenvalue weighted by Gasteiger charge is -2.11. The number of phenolic OH excluding ortho intramolecular Hbond substituents is 1. The molecule has 1 unspecified atom stereocenters. The molecule has 0 bridgehead atoms. The predicted molar refractivity (Wildman–Crippen MR) is 110 cm³/mol. The lowest BCUT2D eigenvalue weighted by atomic mass is 10.00. The van der Waals surface area contributed by atoms with E-state index in [2.05, 4.69) is 21.2 Å². The number of carbonyl (C=O) groups is 1. The number of halogens is 1. The number of amides is 1. The number of nitrogens with one attached hydrogen (secondary N) is 1. The lowest BCUT2D eigenvalue weighted by Crippen LogP contribution is -2.27. The summed E-state index contributed by atoms with van der Waals surface area (Å²) in [5, 5.41) is 12.6. The van der Waals surface area contributed by atoms with Gasteiger partial charge in [-0.25, -0.2) is 0 Å². The number of carbonyl (C=O) groups excluding carboxylic acids is 1. The normalized spacial score (nSPS) is 16.1. The van der Waals surface area contributed by atoms with Gasteiger partial charge in [-0.3, -0.25) is 9.79 Å². The molecule has 3 aromatic rings. The third-order valence-electron chi connectivity index (χ3n) is 4.49. The van der Waals surface area contributed by atoms with Crippen LogP contribution in [0.3, 0.4) is 0 Å². The van der Waals surface area contributed by atoms with Gasteiger partial charge in [0.2, 0.25) is 5.91 Å². The van der Waals surface area contributed by atoms with Crippen LogP contribution in [0.2, 0.25) is 0 Å². The molecule has 4 rings (SSSR count). The zero-order chi connectivity index (χ0) is 18.8. The molecule has 0 aromatic heterocycles. The van der Waals surface area contributed by atoms with E-state index >= 15 is 0 Å². The number of aliphatic imine (C=N–C) groups is 1. The van der Waals surface area contributed by atoms with Crippen molar-refractivity contribution in [3.8, 4) is 5.75 Å². The van der Waals surface area contributed by atoms with Crippen molar-refractivity contribution in [2.75, 3.05) is 5.32 Å². The molecule has 1 heterocycles. The van der Waals surface area contributed by atoms with Crippen molar-refractivity contribution < 1.29 is 9.90 Å². The van der Waals surface area contributed by atoms with Crippen molar-refractivity contribution in [3.05, 3.63) is 94.0 Å². The van der Waals surface area contributed by atoms with Gasteiger partial charge >= 0.3 is 0 Å². The van der Waals surface area contributed by atoms with E-state index in [1.54, 1.807) is 12.1 Å². The van der Waals surface area contributed by atoms with E-state index in [4.69, 9.17) is 4.99 Å². The Hall–Kier alpha value is -2.92. The second-order valence-corrected chi connectivity index (χ2v) is 7.32. The van der Waals surface area contributed by atoms with Crippen LogP contribution in [0.15, 0.2) is 82.3 Å². The second-order valence-electron chi connectivity index (χ2n) is 6.41. The molecule has 5 heteroatoms. The Morgan fingerprint density at radius 1 is 1.00 bits per heavy atom. The van der Waals surface area contributed by atoms with Crippen LogP contribution >= 0.6 is 15.9 Å². The van der Waals surface area contributed by atoms with Crippen molar-refractivity contribution in [2.24, 2.45) is 4.99 Å². The van der Waals surface area contributed by atoms with Crippen LogP contribution in [0.25, 0.3) is 0 Å². The maximum Gasteiger partial charge on any atom is 0.249 e. The molecule has 0 aliphatic carbocycles. The van der Waals surface area contributed by atoms with Gasteiger partial charge in [-0.1, -0.05) is 46.3 Å². The van der Waals surface area contributed by atoms with E-state index in [1.165, 1.54) is 0 Å². The fraction of sp³-hybridized carbons (Fsp3) is 0.0909. The zero-order valence-electron chi connectivity index (χ0n) is 14.4. The monoisotopic (exact) mass is 420 g/mol. The molecule has 0 spiro atoms. The molecule has 134 valence electrons. The van der Waals surface area contributed by atoms with Crippen LogP contribution in [-0.2, 0) is 11.2 Å². The molecule has 2 N–H and O–H groups in total. The molecule has 3 aromatic carbocycles. The summed E-state index contributed by atoms with van der Waals surface area (Å²) in [6.07, 6.45) is 0.517. The second kappa shape index (κ2) is 7.37. The van der Waals surface area contributed by atoms with E-state index in [1.807, 2.05) is 60.7 Å². The lowest BCUT2D eigenvalue weighted by molar-refractivity contribution is -0.117. The van der Waals surface area contributed by atoms with Gasteiger partial charge in [0.25, 0.3) is 0 Å². The Morgan fingerprint density at radius 2 is 1.74 bits per heavy atom. The minimum Gasteiger partial charge on any atom is -0.508 e. The molecule has 1 atom stereocenters. The van der Waals surface area contributed by atoms with Gasteiger partial charge in [0.1, 0.15) is 11.8 Å². The number of benzene rings is 3. The first-order chi connectivity index (χ1) is 13.1. The minimum atomic E-state index is -0.539. The van der Waals surface area contributed by atoms with Crippen LogP contribution in [0.4, 0.5) is 5.69 Å². The number of hydrogen-bond acceptors (Lipinski definition) is 3. The molecule has 1 aliphatic heterocycles. The van der Waals surface area contributed by atoms with E-state index in [-0.39, 0.29) is 11.7 Å². The van der Waals surface area contributed by atoms with Gasteiger partial charge in [0.15, 0.2) is 0 Å². The summed E-state index contributed by atoms with van der Waals surface area (Å²) in [4.78, 5) is 17.7. The summed E-state index contributed by atoms with van der Waals surface area (Å²) >= 11 is 3.50. The topological polar surface area (TPSA) is 61.7 Å². The predicted octanol–water partition coefficient (Wildman–Crippen LogP) is 4.56. The largest absolute Gasteiger partial charge is 0.508 e. The number of aromatic hydroxyl groups is 1. The molecular weight excluding hydrogens is 404 g/mol. The van der Waals surface area contributed by atoms with Crippen molar-refractivity contribution in [1.82, 2.24) is 0 Å². The van der Waals surface area contributed by atoms with Gasteiger partial charge in [-0.15, -0.1) is 0 Å². The standard InChI is InChI=1S/C22H17BrN2O2/c23-16-8-11-19-18(13-16)21(15-6-9-17(26)10-7-15)24-20(22(27)25-19)12-14-4-2-1-3-5-14/h1-11,13,20,26H,12H2,(H,25,27). The highest BCUT2D eigenvalue weighted by Gasteiger charge is 2.26. The smallest absolute Gasteiger partial charge is 0.249 e. The molecular formula is C22H17BrN2O2. The Balaban J connectivity index is 1.83. The summed E-state index contributed by atoms with van der Waals surface area (Å²) in [5.74, 6) is 0.0636. The third kappa shape index (κ3) is 3.78. The third-order valence-corrected chi connectivity index (χ3v) is 4.99. The minimum absolute atomic E-state index is 0.129.